The van der Waals surface area contributed by atoms with E-state index in [1.165, 1.54) is 0 Å². The number of ketones is 2. The zero-order chi connectivity index (χ0) is 20.3. The number of carbonyl (C=O) groups excluding carboxylic acids is 4. The van der Waals surface area contributed by atoms with Gasteiger partial charge in [0.05, 0.1) is 6.04 Å². The number of carbonyl (C=O) groups is 4. The number of Topliss-reactive ketones (excluding diaryl/α,β-unsaturated/α-hetero) is 2. The van der Waals surface area contributed by atoms with Crippen molar-refractivity contribution in [2.24, 2.45) is 0 Å². The van der Waals surface area contributed by atoms with Gasteiger partial charge in [0.15, 0.2) is 18.4 Å². The van der Waals surface area contributed by atoms with Gasteiger partial charge in [-0.25, -0.2) is 0 Å². The van der Waals surface area contributed by atoms with Crippen LogP contribution >= 0.6 is 0 Å². The molecular weight excluding hydrogens is 356 g/mol. The zero-order valence-corrected chi connectivity index (χ0v) is 15.6. The smallest absolute Gasteiger partial charge is 0.211 e. The van der Waals surface area contributed by atoms with Gasteiger partial charge in [0, 0.05) is 16.7 Å². The first-order valence-electron chi connectivity index (χ1n) is 8.89. The fourth-order valence-electron chi connectivity index (χ4n) is 3.29. The second-order valence-corrected chi connectivity index (χ2v) is 6.67. The highest BCUT2D eigenvalue weighted by Gasteiger charge is 2.35. The SMILES string of the molecule is Cc1ccccc1C(=O)C1=C(C=O)NC(C)C(C(=O)c2ccccc2C=O)N1. The molecule has 6 nitrogen and oxygen atoms in total. The Kier molecular flexibility index (Phi) is 5.49. The maximum absolute atomic E-state index is 13.1. The second-order valence-electron chi connectivity index (χ2n) is 6.67. The first kappa shape index (κ1) is 19.2. The normalized spacial score (nSPS) is 18.6. The van der Waals surface area contributed by atoms with Gasteiger partial charge in [0.1, 0.15) is 17.4 Å². The van der Waals surface area contributed by atoms with E-state index in [0.29, 0.717) is 18.1 Å². The molecule has 1 aliphatic heterocycles. The molecule has 0 bridgehead atoms. The van der Waals surface area contributed by atoms with E-state index in [0.717, 1.165) is 5.56 Å². The lowest BCUT2D eigenvalue weighted by Gasteiger charge is -2.33. The fourth-order valence-corrected chi connectivity index (χ4v) is 3.29. The Bertz CT molecular complexity index is 994. The Morgan fingerprint density at radius 2 is 1.54 bits per heavy atom. The molecule has 0 radical (unpaired) electrons. The van der Waals surface area contributed by atoms with Crippen molar-refractivity contribution >= 4 is 24.1 Å². The highest BCUT2D eigenvalue weighted by molar-refractivity contribution is 6.13. The molecule has 0 aliphatic carbocycles. The minimum absolute atomic E-state index is 0.0457. The highest BCUT2D eigenvalue weighted by atomic mass is 16.1. The number of rotatable bonds is 6. The largest absolute Gasteiger partial charge is 0.376 e. The predicted molar refractivity (Wildman–Crippen MR) is 104 cm³/mol. The van der Waals surface area contributed by atoms with Crippen molar-refractivity contribution in [3.05, 3.63) is 82.2 Å². The summed E-state index contributed by atoms with van der Waals surface area (Å²) in [5.74, 6) is -0.705. The van der Waals surface area contributed by atoms with Gasteiger partial charge >= 0.3 is 0 Å². The molecule has 3 rings (SSSR count). The summed E-state index contributed by atoms with van der Waals surface area (Å²) >= 11 is 0. The molecule has 2 aromatic carbocycles. The van der Waals surface area contributed by atoms with Crippen molar-refractivity contribution in [1.29, 1.82) is 0 Å². The molecule has 1 aliphatic rings. The van der Waals surface area contributed by atoms with Gasteiger partial charge in [-0.2, -0.15) is 0 Å². The summed E-state index contributed by atoms with van der Waals surface area (Å²) in [5.41, 5.74) is 1.90. The quantitative estimate of drug-likeness (QED) is 0.593. The highest BCUT2D eigenvalue weighted by Crippen LogP contribution is 2.20. The molecule has 28 heavy (non-hydrogen) atoms. The molecule has 2 atom stereocenters. The van der Waals surface area contributed by atoms with Crippen LogP contribution in [0, 0.1) is 6.92 Å². The molecule has 142 valence electrons. The Morgan fingerprint density at radius 3 is 2.18 bits per heavy atom. The lowest BCUT2D eigenvalue weighted by atomic mass is 9.92. The van der Waals surface area contributed by atoms with Crippen molar-refractivity contribution in [2.75, 3.05) is 0 Å². The van der Waals surface area contributed by atoms with Gasteiger partial charge in [-0.05, 0) is 19.4 Å². The van der Waals surface area contributed by atoms with Crippen molar-refractivity contribution in [3.63, 3.8) is 0 Å². The number of hydrogen-bond acceptors (Lipinski definition) is 6. The molecule has 1 heterocycles. The summed E-state index contributed by atoms with van der Waals surface area (Å²) in [6, 6.07) is 12.2. The molecule has 0 spiro atoms. The summed E-state index contributed by atoms with van der Waals surface area (Å²) in [6.07, 6.45) is 1.19. The molecule has 0 saturated carbocycles. The van der Waals surface area contributed by atoms with E-state index in [1.54, 1.807) is 56.3 Å². The van der Waals surface area contributed by atoms with Crippen LogP contribution in [-0.4, -0.2) is 36.2 Å². The number of aryl methyl sites for hydroxylation is 1. The minimum Gasteiger partial charge on any atom is -0.376 e. The summed E-state index contributed by atoms with van der Waals surface area (Å²) in [4.78, 5) is 48.9. The van der Waals surface area contributed by atoms with Gasteiger partial charge < -0.3 is 10.6 Å². The Morgan fingerprint density at radius 1 is 0.893 bits per heavy atom. The summed E-state index contributed by atoms with van der Waals surface area (Å²) < 4.78 is 0. The molecule has 0 saturated heterocycles. The monoisotopic (exact) mass is 376 g/mol. The number of allylic oxidation sites excluding steroid dienone is 2. The van der Waals surface area contributed by atoms with Crippen molar-refractivity contribution in [2.45, 2.75) is 25.9 Å². The minimum atomic E-state index is -0.812. The summed E-state index contributed by atoms with van der Waals surface area (Å²) in [7, 11) is 0. The van der Waals surface area contributed by atoms with E-state index in [4.69, 9.17) is 0 Å². The van der Waals surface area contributed by atoms with Crippen molar-refractivity contribution in [1.82, 2.24) is 10.6 Å². The van der Waals surface area contributed by atoms with Crippen LogP contribution in [0.25, 0.3) is 0 Å². The van der Waals surface area contributed by atoms with Crippen molar-refractivity contribution in [3.8, 4) is 0 Å². The lowest BCUT2D eigenvalue weighted by molar-refractivity contribution is -0.105. The second kappa shape index (κ2) is 8.00. The summed E-state index contributed by atoms with van der Waals surface area (Å²) in [6.45, 7) is 3.54. The van der Waals surface area contributed by atoms with Crippen LogP contribution in [0.3, 0.4) is 0 Å². The number of nitrogens with one attached hydrogen (secondary N) is 2. The van der Waals surface area contributed by atoms with Gasteiger partial charge in [0.25, 0.3) is 0 Å². The maximum Gasteiger partial charge on any atom is 0.211 e. The number of benzene rings is 2. The van der Waals surface area contributed by atoms with E-state index >= 15 is 0 Å². The van der Waals surface area contributed by atoms with Crippen LogP contribution in [0.5, 0.6) is 0 Å². The first-order chi connectivity index (χ1) is 13.5. The number of hydrogen-bond donors (Lipinski definition) is 2. The molecule has 0 amide bonds. The van der Waals surface area contributed by atoms with Gasteiger partial charge in [-0.3, -0.25) is 19.2 Å². The number of aldehydes is 2. The van der Waals surface area contributed by atoms with E-state index in [-0.39, 0.29) is 34.1 Å². The average Bonchev–Trinajstić information content (AvgIpc) is 2.72. The molecule has 2 unspecified atom stereocenters. The Hall–Kier alpha value is -3.54. The van der Waals surface area contributed by atoms with Gasteiger partial charge in [-0.15, -0.1) is 0 Å². The topological polar surface area (TPSA) is 92.3 Å². The Balaban J connectivity index is 1.99. The average molecular weight is 376 g/mol. The van der Waals surface area contributed by atoms with E-state index in [2.05, 4.69) is 10.6 Å². The van der Waals surface area contributed by atoms with Crippen LogP contribution in [-0.2, 0) is 4.79 Å². The van der Waals surface area contributed by atoms with E-state index < -0.39 is 12.1 Å². The third-order valence-corrected chi connectivity index (χ3v) is 4.82. The lowest BCUT2D eigenvalue weighted by Crippen LogP contribution is -2.56. The standard InChI is InChI=1S/C22H20N2O4/c1-13-7-3-5-9-16(13)21(27)20-18(12-26)23-14(2)19(24-20)22(28)17-10-6-4-8-15(17)11-25/h3-12,14,19,23-24H,1-2H3. The molecule has 2 aromatic rings. The third-order valence-electron chi connectivity index (χ3n) is 4.82. The third kappa shape index (κ3) is 3.49. The Labute approximate surface area is 162 Å². The van der Waals surface area contributed by atoms with E-state index in [9.17, 15) is 19.2 Å². The predicted octanol–water partition coefficient (Wildman–Crippen LogP) is 2.23. The summed E-state index contributed by atoms with van der Waals surface area (Å²) in [5, 5.41) is 5.89. The fraction of sp³-hybridized carbons (Fsp3) is 0.182. The molecule has 6 heteroatoms. The van der Waals surface area contributed by atoms with Crippen LogP contribution in [0.15, 0.2) is 59.9 Å². The van der Waals surface area contributed by atoms with Crippen molar-refractivity contribution < 1.29 is 19.2 Å². The van der Waals surface area contributed by atoms with Crippen LogP contribution in [0.2, 0.25) is 0 Å². The molecule has 2 N–H and O–H groups in total. The van der Waals surface area contributed by atoms with Crippen LogP contribution < -0.4 is 10.6 Å². The van der Waals surface area contributed by atoms with Gasteiger partial charge in [0.2, 0.25) is 5.78 Å². The first-order valence-corrected chi connectivity index (χ1v) is 8.89. The molecule has 0 aromatic heterocycles. The van der Waals surface area contributed by atoms with Crippen LogP contribution in [0.1, 0.15) is 43.6 Å². The zero-order valence-electron chi connectivity index (χ0n) is 15.6. The molecular formula is C22H20N2O4. The van der Waals surface area contributed by atoms with Crippen LogP contribution in [0.4, 0.5) is 0 Å². The maximum atomic E-state index is 13.1. The van der Waals surface area contributed by atoms with E-state index in [1.807, 2.05) is 6.07 Å². The molecule has 0 fully saturated rings. The van der Waals surface area contributed by atoms with Gasteiger partial charge in [-0.1, -0.05) is 48.5 Å².